The van der Waals surface area contributed by atoms with Crippen molar-refractivity contribution < 1.29 is 4.74 Å². The predicted molar refractivity (Wildman–Crippen MR) is 83.5 cm³/mol. The van der Waals surface area contributed by atoms with E-state index in [1.807, 2.05) is 0 Å². The Hall–Kier alpha value is -1.06. The summed E-state index contributed by atoms with van der Waals surface area (Å²) in [6.45, 7) is 2.90. The molecule has 3 nitrogen and oxygen atoms in total. The quantitative estimate of drug-likeness (QED) is 0.585. The Balaban J connectivity index is 1.92. The van der Waals surface area contributed by atoms with Crippen LogP contribution in [-0.2, 0) is 0 Å². The lowest BCUT2D eigenvalue weighted by Crippen LogP contribution is -2.30. The van der Waals surface area contributed by atoms with E-state index in [1.165, 1.54) is 37.7 Å². The minimum Gasteiger partial charge on any atom is -0.494 e. The molecule has 20 heavy (non-hydrogen) atoms. The number of nitrogens with one attached hydrogen (secondary N) is 1. The van der Waals surface area contributed by atoms with Crippen LogP contribution in [0.1, 0.15) is 63.5 Å². The minimum atomic E-state index is 0.262. The van der Waals surface area contributed by atoms with E-state index in [-0.39, 0.29) is 6.04 Å². The van der Waals surface area contributed by atoms with Crippen LogP contribution in [-0.4, -0.2) is 6.61 Å². The zero-order valence-electron chi connectivity index (χ0n) is 12.6. The minimum absolute atomic E-state index is 0.262. The molecule has 3 N–H and O–H groups in total. The Morgan fingerprint density at radius 1 is 1.20 bits per heavy atom. The standard InChI is InChI=1S/C17H28N2O/c1-2-12-20-16-10-8-15(9-11-16)17(19-18)13-14-6-4-3-5-7-14/h8-11,14,17,19H,2-7,12-13,18H2,1H3. The number of rotatable bonds is 7. The molecule has 3 heteroatoms. The van der Waals surface area contributed by atoms with Gasteiger partial charge < -0.3 is 4.74 Å². The van der Waals surface area contributed by atoms with E-state index in [2.05, 4.69) is 36.6 Å². The van der Waals surface area contributed by atoms with E-state index in [0.717, 1.165) is 31.1 Å². The lowest BCUT2D eigenvalue weighted by Gasteiger charge is -2.26. The van der Waals surface area contributed by atoms with Gasteiger partial charge in [-0.15, -0.1) is 0 Å². The fourth-order valence-corrected chi connectivity index (χ4v) is 3.07. The predicted octanol–water partition coefficient (Wildman–Crippen LogP) is 3.95. The first-order valence-corrected chi connectivity index (χ1v) is 8.02. The molecule has 0 radical (unpaired) electrons. The summed E-state index contributed by atoms with van der Waals surface area (Å²) in [5.41, 5.74) is 4.25. The summed E-state index contributed by atoms with van der Waals surface area (Å²) in [6, 6.07) is 8.64. The summed E-state index contributed by atoms with van der Waals surface area (Å²) in [7, 11) is 0. The number of ether oxygens (including phenoxy) is 1. The summed E-state index contributed by atoms with van der Waals surface area (Å²) in [5, 5.41) is 0. The highest BCUT2D eigenvalue weighted by Gasteiger charge is 2.19. The van der Waals surface area contributed by atoms with Gasteiger partial charge >= 0.3 is 0 Å². The first-order valence-electron chi connectivity index (χ1n) is 8.02. The molecule has 1 aliphatic carbocycles. The van der Waals surface area contributed by atoms with Crippen molar-refractivity contribution in [1.29, 1.82) is 0 Å². The molecule has 1 atom stereocenters. The van der Waals surface area contributed by atoms with Crippen LogP contribution in [0.25, 0.3) is 0 Å². The topological polar surface area (TPSA) is 47.3 Å². The Bertz CT molecular complexity index is 371. The second kappa shape index (κ2) is 8.28. The van der Waals surface area contributed by atoms with Crippen LogP contribution >= 0.6 is 0 Å². The molecule has 0 spiro atoms. The summed E-state index contributed by atoms with van der Waals surface area (Å²) < 4.78 is 5.62. The first-order chi connectivity index (χ1) is 9.83. The van der Waals surface area contributed by atoms with E-state index in [4.69, 9.17) is 10.6 Å². The third-order valence-corrected chi connectivity index (χ3v) is 4.25. The Labute approximate surface area is 122 Å². The van der Waals surface area contributed by atoms with Crippen molar-refractivity contribution in [3.63, 3.8) is 0 Å². The van der Waals surface area contributed by atoms with Crippen molar-refractivity contribution in [2.75, 3.05) is 6.61 Å². The monoisotopic (exact) mass is 276 g/mol. The van der Waals surface area contributed by atoms with Gasteiger partial charge in [0.1, 0.15) is 5.75 Å². The largest absolute Gasteiger partial charge is 0.494 e. The second-order valence-corrected chi connectivity index (χ2v) is 5.88. The maximum Gasteiger partial charge on any atom is 0.119 e. The first kappa shape index (κ1) is 15.3. The van der Waals surface area contributed by atoms with Crippen molar-refractivity contribution in [1.82, 2.24) is 5.43 Å². The lowest BCUT2D eigenvalue weighted by atomic mass is 9.83. The van der Waals surface area contributed by atoms with Gasteiger partial charge in [0.05, 0.1) is 6.61 Å². The second-order valence-electron chi connectivity index (χ2n) is 5.88. The van der Waals surface area contributed by atoms with Crippen LogP contribution in [0, 0.1) is 5.92 Å². The number of hydrogen-bond donors (Lipinski definition) is 2. The zero-order valence-corrected chi connectivity index (χ0v) is 12.6. The summed E-state index contributed by atoms with van der Waals surface area (Å²) in [6.07, 6.45) is 9.06. The molecule has 0 heterocycles. The fourth-order valence-electron chi connectivity index (χ4n) is 3.07. The van der Waals surface area contributed by atoms with Gasteiger partial charge in [-0.3, -0.25) is 11.3 Å². The molecule has 0 amide bonds. The van der Waals surface area contributed by atoms with Crippen LogP contribution < -0.4 is 16.0 Å². The van der Waals surface area contributed by atoms with Gasteiger partial charge in [-0.25, -0.2) is 0 Å². The molecule has 1 aromatic rings. The summed E-state index contributed by atoms with van der Waals surface area (Å²) >= 11 is 0. The number of benzene rings is 1. The average Bonchev–Trinajstić information content (AvgIpc) is 2.52. The molecule has 0 saturated heterocycles. The number of nitrogens with two attached hydrogens (primary N) is 1. The Morgan fingerprint density at radius 3 is 2.50 bits per heavy atom. The zero-order chi connectivity index (χ0) is 14.2. The molecular formula is C17H28N2O. The van der Waals surface area contributed by atoms with Crippen LogP contribution in [0.15, 0.2) is 24.3 Å². The van der Waals surface area contributed by atoms with Crippen LogP contribution in [0.5, 0.6) is 5.75 Å². The van der Waals surface area contributed by atoms with E-state index < -0.39 is 0 Å². The molecule has 2 rings (SSSR count). The molecule has 0 aromatic heterocycles. The van der Waals surface area contributed by atoms with E-state index in [0.29, 0.717) is 0 Å². The van der Waals surface area contributed by atoms with Gasteiger partial charge in [-0.2, -0.15) is 0 Å². The average molecular weight is 276 g/mol. The number of hydrogen-bond acceptors (Lipinski definition) is 3. The molecule has 1 fully saturated rings. The third-order valence-electron chi connectivity index (χ3n) is 4.25. The molecule has 1 unspecified atom stereocenters. The van der Waals surface area contributed by atoms with E-state index in [1.54, 1.807) is 0 Å². The van der Waals surface area contributed by atoms with E-state index in [9.17, 15) is 0 Å². The highest BCUT2D eigenvalue weighted by atomic mass is 16.5. The van der Waals surface area contributed by atoms with E-state index >= 15 is 0 Å². The Kier molecular flexibility index (Phi) is 6.34. The molecule has 1 aliphatic rings. The van der Waals surface area contributed by atoms with Gasteiger partial charge in [0, 0.05) is 6.04 Å². The maximum absolute atomic E-state index is 5.76. The maximum atomic E-state index is 5.76. The van der Waals surface area contributed by atoms with Crippen LogP contribution in [0.3, 0.4) is 0 Å². The molecular weight excluding hydrogens is 248 g/mol. The normalized spacial score (nSPS) is 17.9. The van der Waals surface area contributed by atoms with Gasteiger partial charge in [0.25, 0.3) is 0 Å². The summed E-state index contributed by atoms with van der Waals surface area (Å²) in [5.74, 6) is 7.53. The number of hydrazine groups is 1. The molecule has 0 aliphatic heterocycles. The van der Waals surface area contributed by atoms with Crippen molar-refractivity contribution in [3.05, 3.63) is 29.8 Å². The van der Waals surface area contributed by atoms with Crippen molar-refractivity contribution >= 4 is 0 Å². The highest BCUT2D eigenvalue weighted by Crippen LogP contribution is 2.32. The Morgan fingerprint density at radius 2 is 1.90 bits per heavy atom. The lowest BCUT2D eigenvalue weighted by molar-refractivity contribution is 0.300. The van der Waals surface area contributed by atoms with Crippen molar-refractivity contribution in [3.8, 4) is 5.75 Å². The van der Waals surface area contributed by atoms with Crippen LogP contribution in [0.2, 0.25) is 0 Å². The molecule has 1 aromatic carbocycles. The molecule has 112 valence electrons. The van der Waals surface area contributed by atoms with Crippen molar-refractivity contribution in [2.24, 2.45) is 11.8 Å². The highest BCUT2D eigenvalue weighted by molar-refractivity contribution is 5.29. The third kappa shape index (κ3) is 4.50. The van der Waals surface area contributed by atoms with Gasteiger partial charge in [0.2, 0.25) is 0 Å². The summed E-state index contributed by atoms with van der Waals surface area (Å²) in [4.78, 5) is 0. The SMILES string of the molecule is CCCOc1ccc(C(CC2CCCCC2)NN)cc1. The molecule has 1 saturated carbocycles. The van der Waals surface area contributed by atoms with Crippen LogP contribution in [0.4, 0.5) is 0 Å². The molecule has 0 bridgehead atoms. The van der Waals surface area contributed by atoms with Gasteiger partial charge in [0.15, 0.2) is 0 Å². The van der Waals surface area contributed by atoms with Gasteiger partial charge in [-0.05, 0) is 36.5 Å². The smallest absolute Gasteiger partial charge is 0.119 e. The van der Waals surface area contributed by atoms with Crippen molar-refractivity contribution in [2.45, 2.75) is 57.9 Å². The van der Waals surface area contributed by atoms with Gasteiger partial charge in [-0.1, -0.05) is 51.2 Å². The fraction of sp³-hybridized carbons (Fsp3) is 0.647.